The van der Waals surface area contributed by atoms with Crippen LogP contribution in [0.3, 0.4) is 0 Å². The molecule has 44 heavy (non-hydrogen) atoms. The molecule has 0 aliphatic carbocycles. The second kappa shape index (κ2) is 12.6. The van der Waals surface area contributed by atoms with E-state index in [1.54, 1.807) is 19.1 Å². The van der Waals surface area contributed by atoms with Crippen molar-refractivity contribution < 1.29 is 19.4 Å². The van der Waals surface area contributed by atoms with Gasteiger partial charge in [0.05, 0.1) is 12.7 Å². The van der Waals surface area contributed by atoms with Gasteiger partial charge in [-0.05, 0) is 41.3 Å². The molecule has 7 heteroatoms. The maximum atomic E-state index is 11.8. The van der Waals surface area contributed by atoms with Crippen LogP contribution in [-0.4, -0.2) is 39.2 Å². The normalized spacial score (nSPS) is 11.5. The molecule has 1 aromatic heterocycles. The summed E-state index contributed by atoms with van der Waals surface area (Å²) in [5.41, 5.74) is 6.40. The van der Waals surface area contributed by atoms with Crippen molar-refractivity contribution in [3.8, 4) is 67.9 Å². The summed E-state index contributed by atoms with van der Waals surface area (Å²) < 4.78 is 10.4. The fourth-order valence-corrected chi connectivity index (χ4v) is 4.83. The van der Waals surface area contributed by atoms with E-state index in [4.69, 9.17) is 24.4 Å². The van der Waals surface area contributed by atoms with Crippen molar-refractivity contribution in [2.24, 2.45) is 0 Å². The lowest BCUT2D eigenvalue weighted by Crippen LogP contribution is -2.24. The molecule has 0 bridgehead atoms. The first-order chi connectivity index (χ1) is 21.5. The number of aromatic hydroxyl groups is 1. The van der Waals surface area contributed by atoms with E-state index in [2.05, 4.69) is 24.3 Å². The summed E-state index contributed by atoms with van der Waals surface area (Å²) in [4.78, 5) is 26.2. The molecule has 0 radical (unpaired) electrons. The molecule has 6 aromatic rings. The summed E-state index contributed by atoms with van der Waals surface area (Å²) in [6, 6.07) is 41.1. The number of esters is 1. The number of nitrogens with zero attached hydrogens (tertiary/aromatic N) is 3. The highest BCUT2D eigenvalue weighted by Crippen LogP contribution is 2.34. The molecule has 216 valence electrons. The largest absolute Gasteiger partial charge is 0.507 e. The number of carbonyl (C=O) groups is 1. The molecule has 5 aromatic carbocycles. The van der Waals surface area contributed by atoms with Crippen LogP contribution in [-0.2, 0) is 9.53 Å². The zero-order chi connectivity index (χ0) is 30.5. The molecule has 0 spiro atoms. The predicted molar refractivity (Wildman–Crippen MR) is 171 cm³/mol. The highest BCUT2D eigenvalue weighted by molar-refractivity contribution is 5.75. The van der Waals surface area contributed by atoms with E-state index in [0.29, 0.717) is 28.8 Å². The standard InChI is InChI=1S/C37H29N3O4/c1-24(37(42)43-2)44-31-21-22-32(33(41)23-31)36-39-34(29-17-13-27(14-18-29)25-9-5-3-6-10-25)38-35(40-36)30-19-15-28(16-20-30)26-11-7-4-8-12-26/h3-24,41H,1-2H3. The third kappa shape index (κ3) is 6.17. The summed E-state index contributed by atoms with van der Waals surface area (Å²) in [7, 11) is 1.29. The number of hydrogen-bond acceptors (Lipinski definition) is 7. The second-order valence-corrected chi connectivity index (χ2v) is 10.2. The van der Waals surface area contributed by atoms with E-state index in [-0.39, 0.29) is 5.75 Å². The van der Waals surface area contributed by atoms with Gasteiger partial charge in [0, 0.05) is 17.2 Å². The number of hydrogen-bond donors (Lipinski definition) is 1. The Balaban J connectivity index is 1.40. The molecule has 0 fully saturated rings. The molecular weight excluding hydrogens is 550 g/mol. The van der Waals surface area contributed by atoms with Crippen LogP contribution >= 0.6 is 0 Å². The number of rotatable bonds is 8. The SMILES string of the molecule is COC(=O)C(C)Oc1ccc(-c2nc(-c3ccc(-c4ccccc4)cc3)nc(-c3ccc(-c4ccccc4)cc3)n2)c(O)c1. The first-order valence-electron chi connectivity index (χ1n) is 14.1. The summed E-state index contributed by atoms with van der Waals surface area (Å²) in [6.45, 7) is 1.58. The Morgan fingerprint density at radius 2 is 1.02 bits per heavy atom. The number of methoxy groups -OCH3 is 1. The Morgan fingerprint density at radius 1 is 0.591 bits per heavy atom. The molecule has 0 aliphatic heterocycles. The number of benzene rings is 5. The van der Waals surface area contributed by atoms with Crippen molar-refractivity contribution in [1.82, 2.24) is 15.0 Å². The lowest BCUT2D eigenvalue weighted by Gasteiger charge is -2.14. The Labute approximate surface area is 255 Å². The zero-order valence-electron chi connectivity index (χ0n) is 24.2. The second-order valence-electron chi connectivity index (χ2n) is 10.2. The van der Waals surface area contributed by atoms with E-state index >= 15 is 0 Å². The molecule has 1 unspecified atom stereocenters. The maximum Gasteiger partial charge on any atom is 0.346 e. The van der Waals surface area contributed by atoms with E-state index in [1.165, 1.54) is 13.2 Å². The van der Waals surface area contributed by atoms with Gasteiger partial charge in [-0.1, -0.05) is 109 Å². The number of ether oxygens (including phenoxy) is 2. The van der Waals surface area contributed by atoms with Gasteiger partial charge >= 0.3 is 5.97 Å². The van der Waals surface area contributed by atoms with Gasteiger partial charge < -0.3 is 14.6 Å². The average Bonchev–Trinajstić information content (AvgIpc) is 3.08. The molecular formula is C37H29N3O4. The van der Waals surface area contributed by atoms with Crippen molar-refractivity contribution in [2.75, 3.05) is 7.11 Å². The summed E-state index contributed by atoms with van der Waals surface area (Å²) >= 11 is 0. The first kappa shape index (κ1) is 28.3. The molecule has 7 nitrogen and oxygen atoms in total. The number of carbonyl (C=O) groups excluding carboxylic acids is 1. The molecule has 1 atom stereocenters. The molecule has 1 N–H and O–H groups in total. The van der Waals surface area contributed by atoms with Gasteiger partial charge in [-0.15, -0.1) is 0 Å². The van der Waals surface area contributed by atoms with Crippen LogP contribution in [0.2, 0.25) is 0 Å². The van der Waals surface area contributed by atoms with Crippen LogP contribution in [0.4, 0.5) is 0 Å². The molecule has 0 saturated carbocycles. The smallest absolute Gasteiger partial charge is 0.346 e. The van der Waals surface area contributed by atoms with Crippen molar-refractivity contribution in [3.63, 3.8) is 0 Å². The van der Waals surface area contributed by atoms with Crippen LogP contribution < -0.4 is 4.74 Å². The quantitative estimate of drug-likeness (QED) is 0.184. The van der Waals surface area contributed by atoms with Crippen molar-refractivity contribution in [3.05, 3.63) is 127 Å². The van der Waals surface area contributed by atoms with Gasteiger partial charge in [-0.3, -0.25) is 0 Å². The summed E-state index contributed by atoms with van der Waals surface area (Å²) in [5, 5.41) is 11.0. The van der Waals surface area contributed by atoms with Crippen molar-refractivity contribution in [1.29, 1.82) is 0 Å². The topological polar surface area (TPSA) is 94.4 Å². The lowest BCUT2D eigenvalue weighted by molar-refractivity contribution is -0.147. The average molecular weight is 580 g/mol. The Kier molecular flexibility index (Phi) is 8.10. The van der Waals surface area contributed by atoms with Crippen LogP contribution in [0.15, 0.2) is 127 Å². The van der Waals surface area contributed by atoms with Gasteiger partial charge in [-0.25, -0.2) is 19.7 Å². The fraction of sp³-hybridized carbons (Fsp3) is 0.0811. The maximum absolute atomic E-state index is 11.8. The van der Waals surface area contributed by atoms with Gasteiger partial charge in [-0.2, -0.15) is 0 Å². The Bertz CT molecular complexity index is 1790. The third-order valence-corrected chi connectivity index (χ3v) is 7.19. The van der Waals surface area contributed by atoms with E-state index in [1.807, 2.05) is 84.9 Å². The van der Waals surface area contributed by atoms with Crippen molar-refractivity contribution >= 4 is 5.97 Å². The fourth-order valence-electron chi connectivity index (χ4n) is 4.83. The van der Waals surface area contributed by atoms with Gasteiger partial charge in [0.2, 0.25) is 0 Å². The highest BCUT2D eigenvalue weighted by Gasteiger charge is 2.18. The molecule has 1 heterocycles. The minimum atomic E-state index is -0.835. The molecule has 0 aliphatic rings. The minimum absolute atomic E-state index is 0.0958. The third-order valence-electron chi connectivity index (χ3n) is 7.19. The van der Waals surface area contributed by atoms with E-state index < -0.39 is 12.1 Å². The Morgan fingerprint density at radius 3 is 1.48 bits per heavy atom. The molecule has 0 saturated heterocycles. The van der Waals surface area contributed by atoms with Crippen LogP contribution in [0, 0.1) is 0 Å². The monoisotopic (exact) mass is 579 g/mol. The predicted octanol–water partition coefficient (Wildman–Crippen LogP) is 7.85. The minimum Gasteiger partial charge on any atom is -0.507 e. The number of aromatic nitrogens is 3. The van der Waals surface area contributed by atoms with Crippen LogP contribution in [0.25, 0.3) is 56.4 Å². The summed E-state index contributed by atoms with van der Waals surface area (Å²) in [6.07, 6.45) is -0.835. The number of phenols is 1. The van der Waals surface area contributed by atoms with Crippen LogP contribution in [0.5, 0.6) is 11.5 Å². The Hall–Kier alpha value is -5.82. The zero-order valence-corrected chi connectivity index (χ0v) is 24.2. The van der Waals surface area contributed by atoms with Gasteiger partial charge in [0.1, 0.15) is 11.5 Å². The highest BCUT2D eigenvalue weighted by atomic mass is 16.6. The molecule has 0 amide bonds. The van der Waals surface area contributed by atoms with Crippen molar-refractivity contribution in [2.45, 2.75) is 13.0 Å². The summed E-state index contributed by atoms with van der Waals surface area (Å²) in [5.74, 6) is 0.936. The molecule has 6 rings (SSSR count). The first-order valence-corrected chi connectivity index (χ1v) is 14.1. The van der Waals surface area contributed by atoms with E-state index in [9.17, 15) is 9.90 Å². The van der Waals surface area contributed by atoms with E-state index in [0.717, 1.165) is 33.4 Å². The van der Waals surface area contributed by atoms with Gasteiger partial charge in [0.15, 0.2) is 23.6 Å². The number of phenolic OH excluding ortho intramolecular Hbond substituents is 1. The van der Waals surface area contributed by atoms with Crippen LogP contribution in [0.1, 0.15) is 6.92 Å². The lowest BCUT2D eigenvalue weighted by atomic mass is 10.0. The van der Waals surface area contributed by atoms with Gasteiger partial charge in [0.25, 0.3) is 0 Å².